The number of aliphatic carboxylic acids is 1. The molecule has 0 saturated carbocycles. The minimum atomic E-state index is -5.08. The summed E-state index contributed by atoms with van der Waals surface area (Å²) < 4.78 is 43.0. The van der Waals surface area contributed by atoms with Crippen LogP contribution in [0.4, 0.5) is 13.2 Å². The van der Waals surface area contributed by atoms with Gasteiger partial charge in [-0.15, -0.1) is 0 Å². The molecule has 5 nitrogen and oxygen atoms in total. The first-order chi connectivity index (χ1) is 11.9. The highest BCUT2D eigenvalue weighted by atomic mass is 19.4. The highest BCUT2D eigenvalue weighted by Gasteiger charge is 2.38. The molecular weight excluding hydrogens is 339 g/mol. The van der Waals surface area contributed by atoms with Crippen LogP contribution in [0.1, 0.15) is 24.0 Å². The topological polar surface area (TPSA) is 67.8 Å². The molecule has 1 aromatic carbocycles. The van der Waals surface area contributed by atoms with Crippen LogP contribution in [0.2, 0.25) is 0 Å². The molecule has 1 aromatic rings. The highest BCUT2D eigenvalue weighted by molar-refractivity contribution is 5.73. The predicted octanol–water partition coefficient (Wildman–Crippen LogP) is 2.77. The van der Waals surface area contributed by atoms with Gasteiger partial charge in [-0.3, -0.25) is 0 Å². The van der Waals surface area contributed by atoms with Crippen molar-refractivity contribution in [3.05, 3.63) is 29.3 Å². The summed E-state index contributed by atoms with van der Waals surface area (Å²) in [7, 11) is 0. The molecule has 3 rings (SSSR count). The van der Waals surface area contributed by atoms with Crippen LogP contribution in [-0.4, -0.2) is 43.6 Å². The molecule has 2 aliphatic heterocycles. The summed E-state index contributed by atoms with van der Waals surface area (Å²) >= 11 is 0. The van der Waals surface area contributed by atoms with Crippen LogP contribution in [0, 0.1) is 5.92 Å². The van der Waals surface area contributed by atoms with Crippen molar-refractivity contribution in [2.24, 2.45) is 5.92 Å². The molecule has 0 aliphatic carbocycles. The number of benzene rings is 1. The minimum Gasteiger partial charge on any atom is -0.493 e. The molecule has 1 fully saturated rings. The first-order valence-corrected chi connectivity index (χ1v) is 8.19. The van der Waals surface area contributed by atoms with Gasteiger partial charge in [-0.25, -0.2) is 4.79 Å². The number of nitrogens with one attached hydrogen (secondary N) is 1. The maximum absolute atomic E-state index is 10.6. The van der Waals surface area contributed by atoms with Crippen molar-refractivity contribution in [2.45, 2.75) is 32.0 Å². The highest BCUT2D eigenvalue weighted by Crippen LogP contribution is 2.22. The molecule has 140 valence electrons. The summed E-state index contributed by atoms with van der Waals surface area (Å²) in [5.41, 5.74) is 2.86. The van der Waals surface area contributed by atoms with E-state index in [9.17, 15) is 13.2 Å². The second kappa shape index (κ2) is 9.05. The number of halogens is 3. The number of carboxylic acid groups (broad SMARTS) is 1. The molecule has 2 aliphatic rings. The van der Waals surface area contributed by atoms with E-state index in [4.69, 9.17) is 19.4 Å². The summed E-state index contributed by atoms with van der Waals surface area (Å²) in [6, 6.07) is 6.52. The number of hydrogen-bond acceptors (Lipinski definition) is 4. The Balaban J connectivity index is 0.000000277. The number of fused-ring (bicyclic) bond motifs is 1. The van der Waals surface area contributed by atoms with Gasteiger partial charge in [0.25, 0.3) is 0 Å². The standard InChI is InChI=1S/C15H21NO2.C2HF3O2/c1-2-15(9-13-3-6-16-10-14(1)13)18-11-12-4-7-17-8-5-12;3-2(4,5)1(6)7/h1-2,9,12,16H,3-8,10-11H2;(H,6,7). The van der Waals surface area contributed by atoms with Crippen LogP contribution in [0.3, 0.4) is 0 Å². The molecule has 0 bridgehead atoms. The number of hydrogen-bond donors (Lipinski definition) is 2. The Labute approximate surface area is 144 Å². The Morgan fingerprint density at radius 2 is 1.96 bits per heavy atom. The fraction of sp³-hybridized carbons (Fsp3) is 0.588. The Hall–Kier alpha value is -1.80. The van der Waals surface area contributed by atoms with Crippen LogP contribution in [0.15, 0.2) is 18.2 Å². The first-order valence-electron chi connectivity index (χ1n) is 8.19. The molecule has 0 unspecified atom stereocenters. The molecule has 0 atom stereocenters. The molecule has 0 radical (unpaired) electrons. The van der Waals surface area contributed by atoms with E-state index in [0.29, 0.717) is 5.92 Å². The lowest BCUT2D eigenvalue weighted by atomic mass is 10.0. The van der Waals surface area contributed by atoms with Gasteiger partial charge in [0, 0.05) is 19.8 Å². The van der Waals surface area contributed by atoms with Gasteiger partial charge >= 0.3 is 12.1 Å². The normalized spacial score (nSPS) is 17.9. The van der Waals surface area contributed by atoms with Crippen molar-refractivity contribution >= 4 is 5.97 Å². The van der Waals surface area contributed by atoms with E-state index >= 15 is 0 Å². The van der Waals surface area contributed by atoms with E-state index in [1.165, 1.54) is 11.1 Å². The average Bonchev–Trinajstić information content (AvgIpc) is 2.60. The summed E-state index contributed by atoms with van der Waals surface area (Å²) in [6.45, 7) is 4.69. The lowest BCUT2D eigenvalue weighted by Crippen LogP contribution is -2.24. The van der Waals surface area contributed by atoms with Gasteiger partial charge in [0.15, 0.2) is 0 Å². The maximum atomic E-state index is 10.6. The zero-order valence-electron chi connectivity index (χ0n) is 13.8. The molecule has 1 saturated heterocycles. The largest absolute Gasteiger partial charge is 0.493 e. The number of carbonyl (C=O) groups is 1. The smallest absolute Gasteiger partial charge is 0.490 e. The fourth-order valence-electron chi connectivity index (χ4n) is 2.67. The molecule has 2 N–H and O–H groups in total. The van der Waals surface area contributed by atoms with Crippen molar-refractivity contribution < 1.29 is 32.5 Å². The van der Waals surface area contributed by atoms with Gasteiger partial charge < -0.3 is 19.9 Å². The van der Waals surface area contributed by atoms with Crippen molar-refractivity contribution in [3.8, 4) is 5.75 Å². The number of rotatable bonds is 3. The zero-order chi connectivity index (χ0) is 18.3. The van der Waals surface area contributed by atoms with Crippen LogP contribution in [0.25, 0.3) is 0 Å². The monoisotopic (exact) mass is 361 g/mol. The minimum absolute atomic E-state index is 0.663. The second-order valence-corrected chi connectivity index (χ2v) is 6.03. The van der Waals surface area contributed by atoms with Crippen molar-refractivity contribution in [1.82, 2.24) is 5.32 Å². The van der Waals surface area contributed by atoms with E-state index < -0.39 is 12.1 Å². The quantitative estimate of drug-likeness (QED) is 0.867. The third-order valence-corrected chi connectivity index (χ3v) is 4.13. The Kier molecular flexibility index (Phi) is 7.07. The van der Waals surface area contributed by atoms with Gasteiger partial charge in [0.1, 0.15) is 5.75 Å². The number of ether oxygens (including phenoxy) is 2. The predicted molar refractivity (Wildman–Crippen MR) is 84.6 cm³/mol. The summed E-state index contributed by atoms with van der Waals surface area (Å²) in [5.74, 6) is -1.06. The molecule has 0 spiro atoms. The molecule has 2 heterocycles. The van der Waals surface area contributed by atoms with E-state index in [1.54, 1.807) is 0 Å². The van der Waals surface area contributed by atoms with Crippen LogP contribution in [-0.2, 0) is 22.5 Å². The van der Waals surface area contributed by atoms with Gasteiger partial charge in [-0.05, 0) is 55.0 Å². The SMILES string of the molecule is O=C(O)C(F)(F)F.c1cc2c(cc1OCC1CCOCC1)CCNC2. The molecule has 0 amide bonds. The number of carboxylic acids is 1. The lowest BCUT2D eigenvalue weighted by Gasteiger charge is -2.23. The fourth-order valence-corrected chi connectivity index (χ4v) is 2.67. The van der Waals surface area contributed by atoms with E-state index in [-0.39, 0.29) is 0 Å². The van der Waals surface area contributed by atoms with Crippen molar-refractivity contribution in [2.75, 3.05) is 26.4 Å². The molecule has 0 aromatic heterocycles. The zero-order valence-corrected chi connectivity index (χ0v) is 13.8. The summed E-state index contributed by atoms with van der Waals surface area (Å²) in [5, 5.41) is 10.5. The first kappa shape index (κ1) is 19.5. The lowest BCUT2D eigenvalue weighted by molar-refractivity contribution is -0.192. The Bertz CT molecular complexity index is 572. The van der Waals surface area contributed by atoms with E-state index in [1.807, 2.05) is 0 Å². The summed E-state index contributed by atoms with van der Waals surface area (Å²) in [6.07, 6.45) is -1.70. The molecule has 8 heteroatoms. The van der Waals surface area contributed by atoms with Crippen LogP contribution in [0.5, 0.6) is 5.75 Å². The van der Waals surface area contributed by atoms with Crippen LogP contribution >= 0.6 is 0 Å². The third kappa shape index (κ3) is 6.55. The maximum Gasteiger partial charge on any atom is 0.490 e. The van der Waals surface area contributed by atoms with Crippen molar-refractivity contribution in [1.29, 1.82) is 0 Å². The molecule has 25 heavy (non-hydrogen) atoms. The summed E-state index contributed by atoms with van der Waals surface area (Å²) in [4.78, 5) is 8.90. The molecular formula is C17H22F3NO4. The Morgan fingerprint density at radius 1 is 1.28 bits per heavy atom. The van der Waals surface area contributed by atoms with Gasteiger partial charge in [-0.2, -0.15) is 13.2 Å². The van der Waals surface area contributed by atoms with E-state index in [0.717, 1.165) is 57.9 Å². The van der Waals surface area contributed by atoms with Crippen molar-refractivity contribution in [3.63, 3.8) is 0 Å². The number of alkyl halides is 3. The van der Waals surface area contributed by atoms with Gasteiger partial charge in [-0.1, -0.05) is 6.07 Å². The van der Waals surface area contributed by atoms with Crippen LogP contribution < -0.4 is 10.1 Å². The van der Waals surface area contributed by atoms with Gasteiger partial charge in [0.05, 0.1) is 6.61 Å². The van der Waals surface area contributed by atoms with Gasteiger partial charge in [0.2, 0.25) is 0 Å². The second-order valence-electron chi connectivity index (χ2n) is 6.03. The average molecular weight is 361 g/mol. The third-order valence-electron chi connectivity index (χ3n) is 4.13. The Morgan fingerprint density at radius 3 is 2.60 bits per heavy atom. The van der Waals surface area contributed by atoms with E-state index in [2.05, 4.69) is 23.5 Å².